The number of aromatic nitrogens is 5. The van der Waals surface area contributed by atoms with E-state index in [-0.39, 0.29) is 5.91 Å². The van der Waals surface area contributed by atoms with E-state index in [1.807, 2.05) is 47.3 Å². The number of nitrogens with zero attached hydrogens (tertiary/aromatic N) is 6. The van der Waals surface area contributed by atoms with Crippen LogP contribution in [-0.2, 0) is 0 Å². The Bertz CT molecular complexity index is 1330. The molecule has 0 aliphatic carbocycles. The lowest BCUT2D eigenvalue weighted by molar-refractivity contribution is 0.0963. The van der Waals surface area contributed by atoms with Gasteiger partial charge >= 0.3 is 0 Å². The maximum absolute atomic E-state index is 11.9. The number of carbonyl (C=O) groups excluding carboxylic acids is 1. The van der Waals surface area contributed by atoms with Crippen LogP contribution in [0, 0.1) is 0 Å². The van der Waals surface area contributed by atoms with Crippen LogP contribution >= 0.6 is 11.6 Å². The van der Waals surface area contributed by atoms with E-state index < -0.39 is 0 Å². The van der Waals surface area contributed by atoms with Crippen molar-refractivity contribution >= 4 is 35.1 Å². The minimum absolute atomic E-state index is 0.149. The topological polar surface area (TPSA) is 101 Å². The van der Waals surface area contributed by atoms with Gasteiger partial charge in [0, 0.05) is 53.7 Å². The average molecular weight is 489 g/mol. The van der Waals surface area contributed by atoms with Crippen LogP contribution < -0.4 is 15.5 Å². The molecule has 0 atom stereocenters. The minimum atomic E-state index is -0.149. The van der Waals surface area contributed by atoms with Crippen LogP contribution in [0.4, 0.5) is 17.6 Å². The van der Waals surface area contributed by atoms with E-state index >= 15 is 0 Å². The molecule has 1 saturated heterocycles. The van der Waals surface area contributed by atoms with Crippen LogP contribution in [-0.4, -0.2) is 50.8 Å². The molecule has 2 N–H and O–H groups in total. The number of anilines is 3. The summed E-state index contributed by atoms with van der Waals surface area (Å²) in [5.74, 6) is 0.910. The van der Waals surface area contributed by atoms with Gasteiger partial charge in [-0.15, -0.1) is 0 Å². The second kappa shape index (κ2) is 10.1. The summed E-state index contributed by atoms with van der Waals surface area (Å²) in [6.45, 7) is 1.61. The quantitative estimate of drug-likeness (QED) is 0.416. The molecule has 4 aromatic rings. The molecule has 1 aliphatic heterocycles. The molecule has 5 rings (SSSR count). The highest BCUT2D eigenvalue weighted by Crippen LogP contribution is 2.30. The van der Waals surface area contributed by atoms with Crippen molar-refractivity contribution in [2.75, 3.05) is 30.4 Å². The van der Waals surface area contributed by atoms with E-state index in [0.29, 0.717) is 23.5 Å². The molecule has 35 heavy (non-hydrogen) atoms. The molecule has 2 aromatic heterocycles. The largest absolute Gasteiger partial charge is 0.355 e. The molecule has 0 radical (unpaired) electrons. The summed E-state index contributed by atoms with van der Waals surface area (Å²) in [6.07, 6.45) is 7.29. The van der Waals surface area contributed by atoms with Gasteiger partial charge in [-0.3, -0.25) is 9.48 Å². The molecule has 0 bridgehead atoms. The Morgan fingerprint density at radius 2 is 1.91 bits per heavy atom. The first-order chi connectivity index (χ1) is 17.1. The Morgan fingerprint density at radius 3 is 2.71 bits per heavy atom. The van der Waals surface area contributed by atoms with Gasteiger partial charge in [0.15, 0.2) is 0 Å². The summed E-state index contributed by atoms with van der Waals surface area (Å²) < 4.78 is 2.04. The Morgan fingerprint density at radius 1 is 1.09 bits per heavy atom. The lowest BCUT2D eigenvalue weighted by Gasteiger charge is -2.32. The fourth-order valence-corrected chi connectivity index (χ4v) is 4.46. The predicted octanol–water partition coefficient (Wildman–Crippen LogP) is 4.33. The Hall–Kier alpha value is -3.98. The Balaban J connectivity index is 1.23. The third-order valence-electron chi connectivity index (χ3n) is 6.07. The summed E-state index contributed by atoms with van der Waals surface area (Å²) in [7, 11) is 1.61. The number of hydrogen-bond acceptors (Lipinski definition) is 7. The Kier molecular flexibility index (Phi) is 6.58. The average Bonchev–Trinajstić information content (AvgIpc) is 3.39. The Labute approximate surface area is 208 Å². The molecular weight excluding hydrogens is 464 g/mol. The highest BCUT2D eigenvalue weighted by atomic mass is 35.5. The van der Waals surface area contributed by atoms with Gasteiger partial charge in [-0.2, -0.15) is 10.1 Å². The maximum Gasteiger partial charge on any atom is 0.251 e. The highest BCUT2D eigenvalue weighted by molar-refractivity contribution is 6.33. The summed E-state index contributed by atoms with van der Waals surface area (Å²) in [5, 5.41) is 11.1. The monoisotopic (exact) mass is 488 g/mol. The lowest BCUT2D eigenvalue weighted by atomic mass is 10.1. The zero-order valence-electron chi connectivity index (χ0n) is 19.2. The first-order valence-electron chi connectivity index (χ1n) is 11.4. The van der Waals surface area contributed by atoms with Crippen LogP contribution in [0.1, 0.15) is 29.2 Å². The molecule has 2 aromatic carbocycles. The van der Waals surface area contributed by atoms with E-state index in [9.17, 15) is 4.79 Å². The standard InChI is InChI=1S/C25H25ClN8O/c1-27-23(35)17-5-4-6-19(13-17)31-24-28-16-29-25(32-24)33-11-9-20(10-12-33)34-15-18(14-30-34)21-7-2-3-8-22(21)26/h2-8,13-16,20H,9-12H2,1H3,(H,27,35)(H,28,29,31,32). The third-order valence-corrected chi connectivity index (χ3v) is 6.40. The minimum Gasteiger partial charge on any atom is -0.355 e. The van der Waals surface area contributed by atoms with Crippen LogP contribution in [0.5, 0.6) is 0 Å². The van der Waals surface area contributed by atoms with Crippen LogP contribution in [0.3, 0.4) is 0 Å². The van der Waals surface area contributed by atoms with Gasteiger partial charge in [-0.1, -0.05) is 35.9 Å². The molecule has 10 heteroatoms. The summed E-state index contributed by atoms with van der Waals surface area (Å²) in [4.78, 5) is 27.3. The van der Waals surface area contributed by atoms with Crippen molar-refractivity contribution in [2.45, 2.75) is 18.9 Å². The number of hydrogen-bond donors (Lipinski definition) is 2. The van der Waals surface area contributed by atoms with Gasteiger partial charge in [0.05, 0.1) is 12.2 Å². The molecule has 1 aliphatic rings. The van der Waals surface area contributed by atoms with E-state index in [0.717, 1.165) is 47.8 Å². The third kappa shape index (κ3) is 5.09. The molecule has 0 saturated carbocycles. The van der Waals surface area contributed by atoms with Gasteiger partial charge in [-0.05, 0) is 37.1 Å². The molecule has 1 amide bonds. The second-order valence-corrected chi connectivity index (χ2v) is 8.71. The van der Waals surface area contributed by atoms with Crippen molar-refractivity contribution in [1.29, 1.82) is 0 Å². The maximum atomic E-state index is 11.9. The lowest BCUT2D eigenvalue weighted by Crippen LogP contribution is -2.36. The van der Waals surface area contributed by atoms with Crippen molar-refractivity contribution in [3.8, 4) is 11.1 Å². The number of piperidine rings is 1. The molecule has 0 unspecified atom stereocenters. The summed E-state index contributed by atoms with van der Waals surface area (Å²) >= 11 is 6.35. The van der Waals surface area contributed by atoms with E-state index in [4.69, 9.17) is 11.6 Å². The van der Waals surface area contributed by atoms with Crippen molar-refractivity contribution in [2.24, 2.45) is 0 Å². The number of nitrogens with one attached hydrogen (secondary N) is 2. The molecule has 178 valence electrons. The van der Waals surface area contributed by atoms with Crippen LogP contribution in [0.15, 0.2) is 67.3 Å². The van der Waals surface area contributed by atoms with Gasteiger partial charge in [0.25, 0.3) is 5.91 Å². The van der Waals surface area contributed by atoms with Gasteiger partial charge in [-0.25, -0.2) is 9.97 Å². The van der Waals surface area contributed by atoms with E-state index in [1.54, 1.807) is 19.2 Å². The first kappa shape index (κ1) is 22.8. The smallest absolute Gasteiger partial charge is 0.251 e. The van der Waals surface area contributed by atoms with Crippen molar-refractivity contribution in [1.82, 2.24) is 30.0 Å². The fraction of sp³-hybridized carbons (Fsp3) is 0.240. The van der Waals surface area contributed by atoms with Crippen molar-refractivity contribution in [3.63, 3.8) is 0 Å². The van der Waals surface area contributed by atoms with Crippen molar-refractivity contribution < 1.29 is 4.79 Å². The van der Waals surface area contributed by atoms with Gasteiger partial charge in [0.1, 0.15) is 6.33 Å². The number of halogens is 1. The second-order valence-electron chi connectivity index (χ2n) is 8.30. The normalized spacial score (nSPS) is 14.1. The highest BCUT2D eigenvalue weighted by Gasteiger charge is 2.23. The molecule has 1 fully saturated rings. The molecule has 3 heterocycles. The van der Waals surface area contributed by atoms with Gasteiger partial charge < -0.3 is 15.5 Å². The summed E-state index contributed by atoms with van der Waals surface area (Å²) in [5.41, 5.74) is 3.30. The number of carbonyl (C=O) groups is 1. The van der Waals surface area contributed by atoms with Crippen LogP contribution in [0.25, 0.3) is 11.1 Å². The number of benzene rings is 2. The van der Waals surface area contributed by atoms with E-state index in [1.165, 1.54) is 6.33 Å². The fourth-order valence-electron chi connectivity index (χ4n) is 4.21. The zero-order valence-corrected chi connectivity index (χ0v) is 20.0. The molecule has 0 spiro atoms. The van der Waals surface area contributed by atoms with Gasteiger partial charge in [0.2, 0.25) is 11.9 Å². The van der Waals surface area contributed by atoms with E-state index in [2.05, 4.69) is 41.8 Å². The zero-order chi connectivity index (χ0) is 24.2. The van der Waals surface area contributed by atoms with Crippen LogP contribution in [0.2, 0.25) is 5.02 Å². The predicted molar refractivity (Wildman–Crippen MR) is 136 cm³/mol. The first-order valence-corrected chi connectivity index (χ1v) is 11.8. The SMILES string of the molecule is CNC(=O)c1cccc(Nc2ncnc(N3CCC(n4cc(-c5ccccc5Cl)cn4)CC3)n2)c1. The summed E-state index contributed by atoms with van der Waals surface area (Å²) in [6, 6.07) is 15.3. The number of amides is 1. The van der Waals surface area contributed by atoms with Crippen molar-refractivity contribution in [3.05, 3.63) is 77.8 Å². The number of rotatable bonds is 6. The molecular formula is C25H25ClN8O. The molecule has 9 nitrogen and oxygen atoms in total.